The van der Waals surface area contributed by atoms with Crippen LogP contribution in [-0.4, -0.2) is 44.4 Å². The van der Waals surface area contributed by atoms with Crippen LogP contribution in [-0.2, 0) is 14.3 Å². The van der Waals surface area contributed by atoms with E-state index in [2.05, 4.69) is 10.2 Å². The maximum Gasteiger partial charge on any atom is 0.253 e. The van der Waals surface area contributed by atoms with Crippen LogP contribution in [0.25, 0.3) is 0 Å². The molecule has 1 aromatic rings. The lowest BCUT2D eigenvalue weighted by Gasteiger charge is -2.23. The Balaban J connectivity index is 1.62. The Kier molecular flexibility index (Phi) is 5.68. The van der Waals surface area contributed by atoms with Gasteiger partial charge in [-0.15, -0.1) is 0 Å². The number of nitrogens with zero attached hydrogens (tertiary/aromatic N) is 1. The highest BCUT2D eigenvalue weighted by Crippen LogP contribution is 2.31. The van der Waals surface area contributed by atoms with Gasteiger partial charge in [0, 0.05) is 19.7 Å². The first-order valence-electron chi connectivity index (χ1n) is 8.72. The number of hydrogen-bond acceptors (Lipinski definition) is 4. The Labute approximate surface area is 142 Å². The van der Waals surface area contributed by atoms with Crippen molar-refractivity contribution < 1.29 is 18.7 Å². The average Bonchev–Trinajstić information content (AvgIpc) is 3.27. The molecule has 132 valence electrons. The normalized spacial score (nSPS) is 21.9. The van der Waals surface area contributed by atoms with Crippen molar-refractivity contribution in [2.75, 3.05) is 36.5 Å². The Morgan fingerprint density at radius 2 is 2.21 bits per heavy atom. The van der Waals surface area contributed by atoms with Crippen molar-refractivity contribution >= 4 is 17.3 Å². The number of para-hydroxylation sites is 1. The number of amides is 1. The van der Waals surface area contributed by atoms with E-state index in [4.69, 9.17) is 9.47 Å². The SMILES string of the molecule is CC(OCC1CCCO1)C(=O)Nc1c(F)cccc1N1CCCC1. The molecule has 0 radical (unpaired) electrons. The van der Waals surface area contributed by atoms with Crippen LogP contribution in [0, 0.1) is 5.82 Å². The molecule has 6 heteroatoms. The number of nitrogens with one attached hydrogen (secondary N) is 1. The third kappa shape index (κ3) is 4.05. The van der Waals surface area contributed by atoms with Gasteiger partial charge < -0.3 is 19.7 Å². The number of carbonyl (C=O) groups is 1. The van der Waals surface area contributed by atoms with Crippen molar-refractivity contribution in [3.05, 3.63) is 24.0 Å². The first-order valence-corrected chi connectivity index (χ1v) is 8.72. The molecule has 0 saturated carbocycles. The summed E-state index contributed by atoms with van der Waals surface area (Å²) in [5.41, 5.74) is 0.990. The van der Waals surface area contributed by atoms with Crippen LogP contribution in [0.3, 0.4) is 0 Å². The molecule has 2 atom stereocenters. The summed E-state index contributed by atoms with van der Waals surface area (Å²) in [5.74, 6) is -0.752. The Hall–Kier alpha value is -1.66. The van der Waals surface area contributed by atoms with Crippen LogP contribution in [0.4, 0.5) is 15.8 Å². The summed E-state index contributed by atoms with van der Waals surface area (Å²) in [6.07, 6.45) is 3.58. The zero-order valence-corrected chi connectivity index (χ0v) is 14.1. The number of anilines is 2. The van der Waals surface area contributed by atoms with Gasteiger partial charge in [0.1, 0.15) is 17.6 Å². The van der Waals surface area contributed by atoms with Gasteiger partial charge in [0.05, 0.1) is 18.4 Å². The summed E-state index contributed by atoms with van der Waals surface area (Å²) in [4.78, 5) is 14.5. The fourth-order valence-electron chi connectivity index (χ4n) is 3.19. The van der Waals surface area contributed by atoms with E-state index < -0.39 is 11.9 Å². The number of carbonyl (C=O) groups excluding carboxylic acids is 1. The monoisotopic (exact) mass is 336 g/mol. The van der Waals surface area contributed by atoms with Crippen LogP contribution in [0.5, 0.6) is 0 Å². The van der Waals surface area contributed by atoms with Gasteiger partial charge in [-0.25, -0.2) is 4.39 Å². The zero-order valence-electron chi connectivity index (χ0n) is 14.1. The summed E-state index contributed by atoms with van der Waals surface area (Å²) in [6, 6.07) is 4.89. The van der Waals surface area contributed by atoms with E-state index in [1.165, 1.54) is 6.07 Å². The highest BCUT2D eigenvalue weighted by molar-refractivity contribution is 5.97. The first kappa shape index (κ1) is 17.2. The molecule has 2 aliphatic rings. The van der Waals surface area contributed by atoms with Crippen molar-refractivity contribution in [2.45, 2.75) is 44.8 Å². The molecule has 2 fully saturated rings. The maximum atomic E-state index is 14.3. The molecule has 5 nitrogen and oxygen atoms in total. The highest BCUT2D eigenvalue weighted by atomic mass is 19.1. The minimum Gasteiger partial charge on any atom is -0.376 e. The van der Waals surface area contributed by atoms with E-state index in [9.17, 15) is 9.18 Å². The molecule has 2 unspecified atom stereocenters. The van der Waals surface area contributed by atoms with Crippen LogP contribution >= 0.6 is 0 Å². The van der Waals surface area contributed by atoms with Crippen LogP contribution in [0.2, 0.25) is 0 Å². The summed E-state index contributed by atoms with van der Waals surface area (Å²) < 4.78 is 25.3. The second-order valence-electron chi connectivity index (χ2n) is 6.43. The second-order valence-corrected chi connectivity index (χ2v) is 6.43. The maximum absolute atomic E-state index is 14.3. The number of ether oxygens (including phenoxy) is 2. The minimum absolute atomic E-state index is 0.0638. The quantitative estimate of drug-likeness (QED) is 0.868. The largest absolute Gasteiger partial charge is 0.376 e. The Bertz CT molecular complexity index is 569. The van der Waals surface area contributed by atoms with E-state index in [0.29, 0.717) is 6.61 Å². The third-order valence-electron chi connectivity index (χ3n) is 4.61. The molecule has 24 heavy (non-hydrogen) atoms. The van der Waals surface area contributed by atoms with Crippen molar-refractivity contribution in [3.8, 4) is 0 Å². The highest BCUT2D eigenvalue weighted by Gasteiger charge is 2.23. The van der Waals surface area contributed by atoms with Crippen LogP contribution in [0.1, 0.15) is 32.6 Å². The molecule has 1 aromatic carbocycles. The summed E-state index contributed by atoms with van der Waals surface area (Å²) in [6.45, 7) is 4.60. The van der Waals surface area contributed by atoms with Gasteiger partial charge >= 0.3 is 0 Å². The number of benzene rings is 1. The molecule has 2 aliphatic heterocycles. The van der Waals surface area contributed by atoms with Crippen molar-refractivity contribution in [1.82, 2.24) is 0 Å². The van der Waals surface area contributed by atoms with E-state index in [0.717, 1.165) is 51.1 Å². The lowest BCUT2D eigenvalue weighted by Crippen LogP contribution is -2.31. The topological polar surface area (TPSA) is 50.8 Å². The molecule has 0 spiro atoms. The summed E-state index contributed by atoms with van der Waals surface area (Å²) >= 11 is 0. The van der Waals surface area contributed by atoms with Crippen molar-refractivity contribution in [2.24, 2.45) is 0 Å². The second kappa shape index (κ2) is 7.94. The number of rotatable bonds is 6. The molecular formula is C18H25FN2O3. The molecule has 3 rings (SSSR count). The van der Waals surface area contributed by atoms with E-state index in [-0.39, 0.29) is 17.7 Å². The van der Waals surface area contributed by atoms with E-state index >= 15 is 0 Å². The van der Waals surface area contributed by atoms with Gasteiger partial charge in [-0.1, -0.05) is 6.07 Å². The van der Waals surface area contributed by atoms with Crippen LogP contribution in [0.15, 0.2) is 18.2 Å². The molecule has 2 heterocycles. The molecule has 2 saturated heterocycles. The lowest BCUT2D eigenvalue weighted by molar-refractivity contribution is -0.128. The van der Waals surface area contributed by atoms with Gasteiger partial charge in [0.25, 0.3) is 5.91 Å². The predicted octanol–water partition coefficient (Wildman–Crippen LogP) is 2.95. The van der Waals surface area contributed by atoms with Gasteiger partial charge in [0.2, 0.25) is 0 Å². The van der Waals surface area contributed by atoms with Crippen molar-refractivity contribution in [1.29, 1.82) is 0 Å². The van der Waals surface area contributed by atoms with Gasteiger partial charge in [-0.05, 0) is 44.7 Å². The smallest absolute Gasteiger partial charge is 0.253 e. The fourth-order valence-corrected chi connectivity index (χ4v) is 3.19. The molecular weight excluding hydrogens is 311 g/mol. The van der Waals surface area contributed by atoms with E-state index in [1.807, 2.05) is 6.07 Å². The number of halogens is 1. The third-order valence-corrected chi connectivity index (χ3v) is 4.61. The predicted molar refractivity (Wildman–Crippen MR) is 90.9 cm³/mol. The zero-order chi connectivity index (χ0) is 16.9. The van der Waals surface area contributed by atoms with Crippen LogP contribution < -0.4 is 10.2 Å². The van der Waals surface area contributed by atoms with Gasteiger partial charge in [0.15, 0.2) is 0 Å². The molecule has 1 N–H and O–H groups in total. The van der Waals surface area contributed by atoms with Gasteiger partial charge in [-0.3, -0.25) is 4.79 Å². The molecule has 0 aliphatic carbocycles. The standard InChI is InChI=1S/C18H25FN2O3/c1-13(24-12-14-6-5-11-23-14)18(22)20-17-15(19)7-4-8-16(17)21-9-2-3-10-21/h4,7-8,13-14H,2-3,5-6,9-12H2,1H3,(H,20,22). The Morgan fingerprint density at radius 1 is 1.42 bits per heavy atom. The average molecular weight is 336 g/mol. The molecule has 1 amide bonds. The summed E-state index contributed by atoms with van der Waals surface area (Å²) in [7, 11) is 0. The van der Waals surface area contributed by atoms with Crippen molar-refractivity contribution in [3.63, 3.8) is 0 Å². The first-order chi connectivity index (χ1) is 11.6. The lowest BCUT2D eigenvalue weighted by atomic mass is 10.2. The van der Waals surface area contributed by atoms with Gasteiger partial charge in [-0.2, -0.15) is 0 Å². The molecule has 0 bridgehead atoms. The fraction of sp³-hybridized carbons (Fsp3) is 0.611. The van der Waals surface area contributed by atoms with E-state index in [1.54, 1.807) is 13.0 Å². The number of hydrogen-bond donors (Lipinski definition) is 1. The minimum atomic E-state index is -0.653. The molecule has 0 aromatic heterocycles. The summed E-state index contributed by atoms with van der Waals surface area (Å²) in [5, 5.41) is 2.71. The Morgan fingerprint density at radius 3 is 2.92 bits per heavy atom.